The number of anilines is 1. The molecule has 0 radical (unpaired) electrons. The molecule has 1 heterocycles. The number of rotatable bonds is 4. The Morgan fingerprint density at radius 3 is 2.41 bits per heavy atom. The first-order valence-electron chi connectivity index (χ1n) is 7.70. The highest BCUT2D eigenvalue weighted by atomic mass is 16.2. The maximum absolute atomic E-state index is 12.5. The summed E-state index contributed by atoms with van der Waals surface area (Å²) in [4.78, 5) is 16.5. The van der Waals surface area contributed by atoms with Crippen molar-refractivity contribution in [1.29, 1.82) is 0 Å². The SMILES string of the molecule is CC(CN(C)C)c1ccc(N2Cc3ccccc3C2=O)cc1. The highest BCUT2D eigenvalue weighted by molar-refractivity contribution is 6.09. The lowest BCUT2D eigenvalue weighted by molar-refractivity contribution is 0.0996. The van der Waals surface area contributed by atoms with Gasteiger partial charge in [-0.05, 0) is 49.3 Å². The summed E-state index contributed by atoms with van der Waals surface area (Å²) in [6, 6.07) is 16.2. The lowest BCUT2D eigenvalue weighted by atomic mass is 10.0. The predicted molar refractivity (Wildman–Crippen MR) is 90.4 cm³/mol. The van der Waals surface area contributed by atoms with Crippen LogP contribution in [0.25, 0.3) is 0 Å². The summed E-state index contributed by atoms with van der Waals surface area (Å²) < 4.78 is 0. The third kappa shape index (κ3) is 2.77. The highest BCUT2D eigenvalue weighted by Gasteiger charge is 2.27. The van der Waals surface area contributed by atoms with Crippen LogP contribution in [-0.2, 0) is 6.54 Å². The molecule has 1 unspecified atom stereocenters. The normalized spacial score (nSPS) is 15.3. The summed E-state index contributed by atoms with van der Waals surface area (Å²) in [7, 11) is 4.18. The molecule has 2 aromatic carbocycles. The van der Waals surface area contributed by atoms with E-state index >= 15 is 0 Å². The zero-order valence-electron chi connectivity index (χ0n) is 13.4. The van der Waals surface area contributed by atoms with Gasteiger partial charge in [0, 0.05) is 17.8 Å². The molecule has 0 saturated carbocycles. The summed E-state index contributed by atoms with van der Waals surface area (Å²) in [6.45, 7) is 3.92. The maximum Gasteiger partial charge on any atom is 0.258 e. The molecular formula is C19H22N2O. The minimum absolute atomic E-state index is 0.102. The average molecular weight is 294 g/mol. The van der Waals surface area contributed by atoms with E-state index in [1.165, 1.54) is 5.56 Å². The Morgan fingerprint density at radius 1 is 1.09 bits per heavy atom. The van der Waals surface area contributed by atoms with Gasteiger partial charge in [-0.3, -0.25) is 4.79 Å². The van der Waals surface area contributed by atoms with Gasteiger partial charge < -0.3 is 9.80 Å². The van der Waals surface area contributed by atoms with Gasteiger partial charge in [-0.15, -0.1) is 0 Å². The first-order valence-corrected chi connectivity index (χ1v) is 7.70. The molecule has 3 nitrogen and oxygen atoms in total. The Morgan fingerprint density at radius 2 is 1.77 bits per heavy atom. The van der Waals surface area contributed by atoms with Crippen LogP contribution in [0.15, 0.2) is 48.5 Å². The van der Waals surface area contributed by atoms with E-state index < -0.39 is 0 Å². The van der Waals surface area contributed by atoms with E-state index in [0.717, 1.165) is 23.4 Å². The summed E-state index contributed by atoms with van der Waals surface area (Å²) >= 11 is 0. The number of nitrogens with zero attached hydrogens (tertiary/aromatic N) is 2. The minimum atomic E-state index is 0.102. The molecule has 3 heteroatoms. The van der Waals surface area contributed by atoms with Crippen LogP contribution >= 0.6 is 0 Å². The zero-order valence-corrected chi connectivity index (χ0v) is 13.4. The minimum Gasteiger partial charge on any atom is -0.309 e. The molecule has 1 aliphatic heterocycles. The van der Waals surface area contributed by atoms with Gasteiger partial charge in [-0.25, -0.2) is 0 Å². The third-order valence-electron chi connectivity index (χ3n) is 4.23. The predicted octanol–water partition coefficient (Wildman–Crippen LogP) is 3.51. The van der Waals surface area contributed by atoms with Gasteiger partial charge in [-0.1, -0.05) is 37.3 Å². The van der Waals surface area contributed by atoms with Crippen LogP contribution in [0.3, 0.4) is 0 Å². The summed E-state index contributed by atoms with van der Waals surface area (Å²) in [5.74, 6) is 0.584. The monoisotopic (exact) mass is 294 g/mol. The van der Waals surface area contributed by atoms with Crippen molar-refractivity contribution in [2.75, 3.05) is 25.5 Å². The third-order valence-corrected chi connectivity index (χ3v) is 4.23. The van der Waals surface area contributed by atoms with Gasteiger partial charge in [0.25, 0.3) is 5.91 Å². The smallest absolute Gasteiger partial charge is 0.258 e. The Bertz CT molecular complexity index is 676. The van der Waals surface area contributed by atoms with Crippen LogP contribution in [0, 0.1) is 0 Å². The van der Waals surface area contributed by atoms with Gasteiger partial charge >= 0.3 is 0 Å². The molecule has 0 spiro atoms. The van der Waals surface area contributed by atoms with Gasteiger partial charge in [0.2, 0.25) is 0 Å². The van der Waals surface area contributed by atoms with E-state index in [9.17, 15) is 4.79 Å². The van der Waals surface area contributed by atoms with E-state index in [0.29, 0.717) is 12.5 Å². The number of hydrogen-bond acceptors (Lipinski definition) is 2. The molecule has 1 amide bonds. The Balaban J connectivity index is 1.79. The zero-order chi connectivity index (χ0) is 15.7. The van der Waals surface area contributed by atoms with Crippen LogP contribution in [-0.4, -0.2) is 31.4 Å². The van der Waals surface area contributed by atoms with E-state index in [4.69, 9.17) is 0 Å². The van der Waals surface area contributed by atoms with Crippen molar-refractivity contribution in [3.63, 3.8) is 0 Å². The number of likely N-dealkylation sites (N-methyl/N-ethyl adjacent to an activating group) is 1. The van der Waals surface area contributed by atoms with Crippen molar-refractivity contribution in [1.82, 2.24) is 4.90 Å². The van der Waals surface area contributed by atoms with Gasteiger partial charge in [0.15, 0.2) is 0 Å². The van der Waals surface area contributed by atoms with E-state index in [1.807, 2.05) is 29.2 Å². The summed E-state index contributed by atoms with van der Waals surface area (Å²) in [5, 5.41) is 0. The molecule has 0 aromatic heterocycles. The molecular weight excluding hydrogens is 272 g/mol. The molecule has 0 fully saturated rings. The fourth-order valence-corrected chi connectivity index (χ4v) is 3.10. The lowest BCUT2D eigenvalue weighted by Crippen LogP contribution is -2.23. The van der Waals surface area contributed by atoms with Crippen molar-refractivity contribution in [2.24, 2.45) is 0 Å². The van der Waals surface area contributed by atoms with E-state index in [1.54, 1.807) is 0 Å². The van der Waals surface area contributed by atoms with Crippen LogP contribution in [0.4, 0.5) is 5.69 Å². The van der Waals surface area contributed by atoms with Crippen LogP contribution in [0.2, 0.25) is 0 Å². The number of hydrogen-bond donors (Lipinski definition) is 0. The number of amides is 1. The van der Waals surface area contributed by atoms with Crippen molar-refractivity contribution in [3.8, 4) is 0 Å². The molecule has 22 heavy (non-hydrogen) atoms. The summed E-state index contributed by atoms with van der Waals surface area (Å²) in [6.07, 6.45) is 0. The fraction of sp³-hybridized carbons (Fsp3) is 0.316. The van der Waals surface area contributed by atoms with Crippen molar-refractivity contribution >= 4 is 11.6 Å². The maximum atomic E-state index is 12.5. The largest absolute Gasteiger partial charge is 0.309 e. The van der Waals surface area contributed by atoms with Gasteiger partial charge in [0.05, 0.1) is 6.54 Å². The topological polar surface area (TPSA) is 23.6 Å². The molecule has 0 saturated heterocycles. The first kappa shape index (κ1) is 14.8. The Labute approximate surface area is 132 Å². The van der Waals surface area contributed by atoms with Crippen LogP contribution < -0.4 is 4.90 Å². The molecule has 1 atom stereocenters. The van der Waals surface area contributed by atoms with Crippen molar-refractivity contribution < 1.29 is 4.79 Å². The lowest BCUT2D eigenvalue weighted by Gasteiger charge is -2.19. The first-order chi connectivity index (χ1) is 10.6. The van der Waals surface area contributed by atoms with Crippen molar-refractivity contribution in [3.05, 3.63) is 65.2 Å². The number of carbonyl (C=O) groups is 1. The van der Waals surface area contributed by atoms with Crippen LogP contribution in [0.1, 0.15) is 34.3 Å². The highest BCUT2D eigenvalue weighted by Crippen LogP contribution is 2.29. The fourth-order valence-electron chi connectivity index (χ4n) is 3.10. The van der Waals surface area contributed by atoms with E-state index in [2.05, 4.69) is 50.2 Å². The molecule has 3 rings (SSSR count). The average Bonchev–Trinajstić information content (AvgIpc) is 2.84. The Kier molecular flexibility index (Phi) is 3.99. The number of benzene rings is 2. The number of carbonyl (C=O) groups excluding carboxylic acids is 1. The standard InChI is InChI=1S/C19H22N2O/c1-14(12-20(2)3)15-8-10-17(11-9-15)21-13-16-6-4-5-7-18(16)19(21)22/h4-11,14H,12-13H2,1-3H3. The molecule has 1 aliphatic rings. The molecule has 0 N–H and O–H groups in total. The van der Waals surface area contributed by atoms with Crippen molar-refractivity contribution in [2.45, 2.75) is 19.4 Å². The van der Waals surface area contributed by atoms with E-state index in [-0.39, 0.29) is 5.91 Å². The second-order valence-electron chi connectivity index (χ2n) is 6.30. The molecule has 2 aromatic rings. The van der Waals surface area contributed by atoms with Crippen LogP contribution in [0.5, 0.6) is 0 Å². The molecule has 0 aliphatic carbocycles. The molecule has 114 valence electrons. The molecule has 0 bridgehead atoms. The quantitative estimate of drug-likeness (QED) is 0.861. The number of fused-ring (bicyclic) bond motifs is 1. The second kappa shape index (κ2) is 5.93. The second-order valence-corrected chi connectivity index (χ2v) is 6.30. The summed E-state index contributed by atoms with van der Waals surface area (Å²) in [5.41, 5.74) is 4.22. The van der Waals surface area contributed by atoms with Gasteiger partial charge in [-0.2, -0.15) is 0 Å². The van der Waals surface area contributed by atoms with Gasteiger partial charge in [0.1, 0.15) is 0 Å². The Hall–Kier alpha value is -2.13.